The summed E-state index contributed by atoms with van der Waals surface area (Å²) < 4.78 is 54.1. The number of carbonyl (C=O) groups is 1. The molecule has 0 atom stereocenters. The van der Waals surface area contributed by atoms with E-state index >= 15 is 0 Å². The molecule has 1 amide bonds. The fourth-order valence-electron chi connectivity index (χ4n) is 5.08. The standard InChI is InChI=1S/C31H24Cl2FN3O5S/c32-20-5-11-27(36-43(39,40)23-9-7-22(8-10-23)41-29-4-2-1-3-26(29)33)24(17-20)31(38)37-15-13-19(14-16-37)30-25-18-21(34)6-12-28(25)42-35-30/h1-12,17-19,36H,13-16H2. The van der Waals surface area contributed by atoms with E-state index in [4.69, 9.17) is 32.5 Å². The van der Waals surface area contributed by atoms with Gasteiger partial charge in [0.05, 0.1) is 26.9 Å². The number of likely N-dealkylation sites (tertiary alicyclic amines) is 1. The fourth-order valence-corrected chi connectivity index (χ4v) is 6.50. The van der Waals surface area contributed by atoms with Crippen molar-refractivity contribution in [1.29, 1.82) is 0 Å². The molecule has 2 heterocycles. The molecule has 0 saturated carbocycles. The van der Waals surface area contributed by atoms with Crippen molar-refractivity contribution in [3.63, 3.8) is 0 Å². The van der Waals surface area contributed by atoms with Crippen LogP contribution in [0.5, 0.6) is 11.5 Å². The van der Waals surface area contributed by atoms with Crippen molar-refractivity contribution in [2.45, 2.75) is 23.7 Å². The average Bonchev–Trinajstić information content (AvgIpc) is 3.42. The average molecular weight is 641 g/mol. The van der Waals surface area contributed by atoms with Crippen molar-refractivity contribution in [2.24, 2.45) is 0 Å². The molecule has 0 unspecified atom stereocenters. The first-order chi connectivity index (χ1) is 20.7. The number of nitrogens with one attached hydrogen (secondary N) is 1. The number of ether oxygens (including phenoxy) is 1. The van der Waals surface area contributed by atoms with Crippen LogP contribution < -0.4 is 9.46 Å². The highest BCUT2D eigenvalue weighted by atomic mass is 35.5. The number of amides is 1. The minimum absolute atomic E-state index is 0.0192. The number of halogens is 3. The molecule has 1 aromatic heterocycles. The Labute approximate surface area is 257 Å². The van der Waals surface area contributed by atoms with Gasteiger partial charge in [-0.15, -0.1) is 0 Å². The molecule has 0 spiro atoms. The lowest BCUT2D eigenvalue weighted by Crippen LogP contribution is -2.38. The number of rotatable bonds is 7. The first kappa shape index (κ1) is 29.0. The number of sulfonamides is 1. The van der Waals surface area contributed by atoms with Gasteiger partial charge in [0.15, 0.2) is 5.58 Å². The molecule has 5 aromatic rings. The predicted molar refractivity (Wildman–Crippen MR) is 162 cm³/mol. The number of nitrogens with zero attached hydrogens (tertiary/aromatic N) is 2. The SMILES string of the molecule is O=C(c1cc(Cl)ccc1NS(=O)(=O)c1ccc(Oc2ccccc2Cl)cc1)N1CCC(c2noc3ccc(F)cc23)CC1. The lowest BCUT2D eigenvalue weighted by atomic mass is 9.91. The summed E-state index contributed by atoms with van der Waals surface area (Å²) in [4.78, 5) is 15.2. The topological polar surface area (TPSA) is 102 Å². The van der Waals surface area contributed by atoms with Crippen LogP contribution in [0.25, 0.3) is 11.0 Å². The summed E-state index contributed by atoms with van der Waals surface area (Å²) in [5.74, 6) is 0.0884. The van der Waals surface area contributed by atoms with Gasteiger partial charge in [-0.2, -0.15) is 0 Å². The molecule has 4 aromatic carbocycles. The third-order valence-electron chi connectivity index (χ3n) is 7.28. The first-order valence-corrected chi connectivity index (χ1v) is 15.6. The van der Waals surface area contributed by atoms with E-state index in [9.17, 15) is 17.6 Å². The minimum atomic E-state index is -4.07. The van der Waals surface area contributed by atoms with Crippen molar-refractivity contribution in [1.82, 2.24) is 10.1 Å². The zero-order valence-electron chi connectivity index (χ0n) is 22.5. The summed E-state index contributed by atoms with van der Waals surface area (Å²) in [7, 11) is -4.07. The van der Waals surface area contributed by atoms with E-state index in [-0.39, 0.29) is 33.8 Å². The van der Waals surface area contributed by atoms with E-state index < -0.39 is 10.0 Å². The summed E-state index contributed by atoms with van der Waals surface area (Å²) in [5, 5.41) is 5.50. The molecule has 6 rings (SSSR count). The summed E-state index contributed by atoms with van der Waals surface area (Å²) in [5.41, 5.74) is 1.41. The Balaban J connectivity index is 1.16. The summed E-state index contributed by atoms with van der Waals surface area (Å²) in [6.45, 7) is 0.775. The number of hydrogen-bond donors (Lipinski definition) is 1. The third kappa shape index (κ3) is 6.17. The highest BCUT2D eigenvalue weighted by molar-refractivity contribution is 7.92. The molecule has 0 radical (unpaired) electrons. The highest BCUT2D eigenvalue weighted by Crippen LogP contribution is 2.35. The maximum Gasteiger partial charge on any atom is 0.261 e. The minimum Gasteiger partial charge on any atom is -0.456 e. The first-order valence-electron chi connectivity index (χ1n) is 13.4. The summed E-state index contributed by atoms with van der Waals surface area (Å²) >= 11 is 12.4. The number of anilines is 1. The molecule has 1 saturated heterocycles. The van der Waals surface area contributed by atoms with E-state index in [1.807, 2.05) is 0 Å². The fraction of sp³-hybridized carbons (Fsp3) is 0.161. The van der Waals surface area contributed by atoms with Crippen LogP contribution in [0, 0.1) is 5.82 Å². The number of para-hydroxylation sites is 1. The van der Waals surface area contributed by atoms with Gasteiger partial charge in [-0.05, 0) is 85.6 Å². The number of fused-ring (bicyclic) bond motifs is 1. The van der Waals surface area contributed by atoms with Crippen molar-refractivity contribution in [2.75, 3.05) is 17.8 Å². The van der Waals surface area contributed by atoms with Gasteiger partial charge in [-0.25, -0.2) is 12.8 Å². The Morgan fingerprint density at radius 3 is 2.47 bits per heavy atom. The van der Waals surface area contributed by atoms with Crippen molar-refractivity contribution in [3.05, 3.63) is 112 Å². The maximum absolute atomic E-state index is 13.8. The summed E-state index contributed by atoms with van der Waals surface area (Å²) in [6, 6.07) is 21.5. The zero-order valence-corrected chi connectivity index (χ0v) is 24.8. The lowest BCUT2D eigenvalue weighted by Gasteiger charge is -2.31. The van der Waals surface area contributed by atoms with Crippen molar-refractivity contribution >= 4 is 55.8 Å². The smallest absolute Gasteiger partial charge is 0.261 e. The molecular formula is C31H24Cl2FN3O5S. The number of benzene rings is 4. The van der Waals surface area contributed by atoms with Crippen LogP contribution in [-0.2, 0) is 10.0 Å². The van der Waals surface area contributed by atoms with Crippen molar-refractivity contribution in [3.8, 4) is 11.5 Å². The Kier molecular flexibility index (Phi) is 8.00. The molecule has 43 heavy (non-hydrogen) atoms. The number of hydrogen-bond acceptors (Lipinski definition) is 6. The normalized spacial score (nSPS) is 14.2. The second kappa shape index (κ2) is 11.9. The molecule has 220 valence electrons. The number of carbonyl (C=O) groups excluding carboxylic acids is 1. The van der Waals surface area contributed by atoms with Crippen LogP contribution >= 0.6 is 23.2 Å². The van der Waals surface area contributed by atoms with Crippen LogP contribution in [0.15, 0.2) is 94.3 Å². The van der Waals surface area contributed by atoms with E-state index in [0.29, 0.717) is 64.1 Å². The van der Waals surface area contributed by atoms with Crippen LogP contribution in [-0.4, -0.2) is 37.5 Å². The Bertz CT molecular complexity index is 1920. The van der Waals surface area contributed by atoms with E-state index in [2.05, 4.69) is 9.88 Å². The van der Waals surface area contributed by atoms with Crippen molar-refractivity contribution < 1.29 is 26.9 Å². The molecule has 1 aliphatic rings. The largest absolute Gasteiger partial charge is 0.456 e. The molecule has 0 aliphatic carbocycles. The van der Waals surface area contributed by atoms with Gasteiger partial charge in [0.1, 0.15) is 17.3 Å². The molecule has 0 bridgehead atoms. The second-order valence-electron chi connectivity index (χ2n) is 10.1. The van der Waals surface area contributed by atoms with Gasteiger partial charge in [0, 0.05) is 29.4 Å². The zero-order chi connectivity index (χ0) is 30.1. The molecule has 1 aliphatic heterocycles. The Hall–Kier alpha value is -4.12. The van der Waals surface area contributed by atoms with Crippen LogP contribution in [0.3, 0.4) is 0 Å². The maximum atomic E-state index is 13.8. The quantitative estimate of drug-likeness (QED) is 0.194. The number of piperidine rings is 1. The number of aromatic nitrogens is 1. The molecule has 8 nitrogen and oxygen atoms in total. The molecule has 12 heteroatoms. The Morgan fingerprint density at radius 1 is 0.977 bits per heavy atom. The van der Waals surface area contributed by atoms with Crippen LogP contribution in [0.2, 0.25) is 10.0 Å². The highest BCUT2D eigenvalue weighted by Gasteiger charge is 2.30. The van der Waals surface area contributed by atoms with Gasteiger partial charge < -0.3 is 14.2 Å². The van der Waals surface area contributed by atoms with E-state index in [1.165, 1.54) is 54.6 Å². The molecule has 1 fully saturated rings. The van der Waals surface area contributed by atoms with Gasteiger partial charge in [0.2, 0.25) is 0 Å². The van der Waals surface area contributed by atoms with Gasteiger partial charge in [-0.1, -0.05) is 40.5 Å². The monoisotopic (exact) mass is 639 g/mol. The third-order valence-corrected chi connectivity index (χ3v) is 9.21. The van der Waals surface area contributed by atoms with Crippen LogP contribution in [0.4, 0.5) is 10.1 Å². The van der Waals surface area contributed by atoms with E-state index in [0.717, 1.165) is 0 Å². The predicted octanol–water partition coefficient (Wildman–Crippen LogP) is 7.89. The van der Waals surface area contributed by atoms with Crippen LogP contribution in [0.1, 0.15) is 34.8 Å². The van der Waals surface area contributed by atoms with Gasteiger partial charge in [0.25, 0.3) is 15.9 Å². The molecular weight excluding hydrogens is 616 g/mol. The van der Waals surface area contributed by atoms with E-state index in [1.54, 1.807) is 35.2 Å². The molecule has 1 N–H and O–H groups in total. The van der Waals surface area contributed by atoms with Gasteiger partial charge in [-0.3, -0.25) is 9.52 Å². The second-order valence-corrected chi connectivity index (χ2v) is 12.6. The van der Waals surface area contributed by atoms with Gasteiger partial charge >= 0.3 is 0 Å². The Morgan fingerprint density at radius 2 is 1.72 bits per heavy atom. The lowest BCUT2D eigenvalue weighted by molar-refractivity contribution is 0.0713. The summed E-state index contributed by atoms with van der Waals surface area (Å²) in [6.07, 6.45) is 1.16.